The average Bonchev–Trinajstić information content (AvgIpc) is 3.13. The Balaban J connectivity index is 1.97. The Kier molecular flexibility index (Phi) is 7.55. The lowest BCUT2D eigenvalue weighted by atomic mass is 10.1. The molecule has 2 N–H and O–H groups in total. The molecule has 5 nitrogen and oxygen atoms in total. The SMILES string of the molecule is CCNC(=NCc1cccnc1OCC)NCC(C)c1ccsc1. The van der Waals surface area contributed by atoms with Gasteiger partial charge in [0.15, 0.2) is 5.96 Å². The Morgan fingerprint density at radius 1 is 1.33 bits per heavy atom. The summed E-state index contributed by atoms with van der Waals surface area (Å²) in [5.41, 5.74) is 2.34. The number of nitrogens with zero attached hydrogens (tertiary/aromatic N) is 2. The molecular weight excluding hydrogens is 320 g/mol. The Morgan fingerprint density at radius 2 is 2.21 bits per heavy atom. The number of rotatable bonds is 8. The van der Waals surface area contributed by atoms with Crippen LogP contribution in [0.4, 0.5) is 0 Å². The fourth-order valence-electron chi connectivity index (χ4n) is 2.24. The second-order valence-corrected chi connectivity index (χ2v) is 6.21. The van der Waals surface area contributed by atoms with E-state index in [4.69, 9.17) is 4.74 Å². The van der Waals surface area contributed by atoms with Gasteiger partial charge in [0.05, 0.1) is 13.2 Å². The number of guanidine groups is 1. The van der Waals surface area contributed by atoms with Gasteiger partial charge in [0.25, 0.3) is 0 Å². The molecule has 0 bridgehead atoms. The van der Waals surface area contributed by atoms with Crippen LogP contribution in [0, 0.1) is 0 Å². The molecule has 2 rings (SSSR count). The molecule has 2 aromatic rings. The van der Waals surface area contributed by atoms with Gasteiger partial charge in [-0.1, -0.05) is 13.0 Å². The van der Waals surface area contributed by atoms with Crippen molar-refractivity contribution < 1.29 is 4.74 Å². The van der Waals surface area contributed by atoms with E-state index in [9.17, 15) is 0 Å². The second kappa shape index (κ2) is 9.93. The van der Waals surface area contributed by atoms with Crippen molar-refractivity contribution in [2.24, 2.45) is 4.99 Å². The summed E-state index contributed by atoms with van der Waals surface area (Å²) in [5, 5.41) is 11.0. The Morgan fingerprint density at radius 3 is 2.92 bits per heavy atom. The number of pyridine rings is 1. The molecule has 0 amide bonds. The van der Waals surface area contributed by atoms with Crippen LogP contribution in [0.2, 0.25) is 0 Å². The fraction of sp³-hybridized carbons (Fsp3) is 0.444. The van der Waals surface area contributed by atoms with Gasteiger partial charge in [-0.3, -0.25) is 0 Å². The van der Waals surface area contributed by atoms with E-state index in [2.05, 4.69) is 51.3 Å². The molecule has 0 saturated carbocycles. The topological polar surface area (TPSA) is 58.5 Å². The summed E-state index contributed by atoms with van der Waals surface area (Å²) >= 11 is 1.73. The van der Waals surface area contributed by atoms with Crippen molar-refractivity contribution in [2.45, 2.75) is 33.2 Å². The van der Waals surface area contributed by atoms with E-state index in [1.807, 2.05) is 19.1 Å². The van der Waals surface area contributed by atoms with Crippen LogP contribution >= 0.6 is 11.3 Å². The van der Waals surface area contributed by atoms with Crippen LogP contribution in [0.25, 0.3) is 0 Å². The monoisotopic (exact) mass is 346 g/mol. The number of nitrogens with one attached hydrogen (secondary N) is 2. The lowest BCUT2D eigenvalue weighted by Crippen LogP contribution is -2.39. The number of thiophene rings is 1. The normalized spacial score (nSPS) is 12.7. The van der Waals surface area contributed by atoms with Crippen LogP contribution in [0.5, 0.6) is 5.88 Å². The summed E-state index contributed by atoms with van der Waals surface area (Å²) in [6.45, 7) is 9.04. The molecule has 6 heteroatoms. The molecule has 24 heavy (non-hydrogen) atoms. The quantitative estimate of drug-likeness (QED) is 0.568. The number of aromatic nitrogens is 1. The molecule has 0 radical (unpaired) electrons. The first-order chi connectivity index (χ1) is 11.7. The summed E-state index contributed by atoms with van der Waals surface area (Å²) in [6.07, 6.45) is 1.74. The summed E-state index contributed by atoms with van der Waals surface area (Å²) in [5.74, 6) is 1.91. The maximum Gasteiger partial charge on any atom is 0.218 e. The molecule has 1 atom stereocenters. The summed E-state index contributed by atoms with van der Waals surface area (Å²) in [6, 6.07) is 6.08. The lowest BCUT2D eigenvalue weighted by molar-refractivity contribution is 0.323. The maximum absolute atomic E-state index is 5.56. The Bertz CT molecular complexity index is 628. The minimum atomic E-state index is 0.442. The van der Waals surface area contributed by atoms with Gasteiger partial charge in [-0.25, -0.2) is 9.98 Å². The third-order valence-corrected chi connectivity index (χ3v) is 4.27. The first-order valence-corrected chi connectivity index (χ1v) is 9.29. The van der Waals surface area contributed by atoms with Gasteiger partial charge >= 0.3 is 0 Å². The van der Waals surface area contributed by atoms with Crippen LogP contribution in [0.1, 0.15) is 37.8 Å². The number of hydrogen-bond donors (Lipinski definition) is 2. The van der Waals surface area contributed by atoms with Crippen LogP contribution < -0.4 is 15.4 Å². The first kappa shape index (κ1) is 18.3. The van der Waals surface area contributed by atoms with E-state index in [0.29, 0.717) is 24.9 Å². The lowest BCUT2D eigenvalue weighted by Gasteiger charge is -2.15. The molecule has 2 heterocycles. The number of aliphatic imine (C=N–C) groups is 1. The minimum absolute atomic E-state index is 0.442. The highest BCUT2D eigenvalue weighted by molar-refractivity contribution is 7.07. The molecule has 2 aromatic heterocycles. The van der Waals surface area contributed by atoms with E-state index in [-0.39, 0.29) is 0 Å². The Labute approximate surface area is 148 Å². The van der Waals surface area contributed by atoms with E-state index < -0.39 is 0 Å². The minimum Gasteiger partial charge on any atom is -0.478 e. The smallest absolute Gasteiger partial charge is 0.218 e. The fourth-order valence-corrected chi connectivity index (χ4v) is 3.02. The summed E-state index contributed by atoms with van der Waals surface area (Å²) in [4.78, 5) is 8.93. The van der Waals surface area contributed by atoms with Gasteiger partial charge in [-0.05, 0) is 48.2 Å². The zero-order chi connectivity index (χ0) is 17.2. The molecule has 0 aromatic carbocycles. The van der Waals surface area contributed by atoms with Crippen LogP contribution in [-0.4, -0.2) is 30.6 Å². The van der Waals surface area contributed by atoms with Gasteiger partial charge in [-0.15, -0.1) is 0 Å². The molecule has 0 aliphatic carbocycles. The highest BCUT2D eigenvalue weighted by atomic mass is 32.1. The van der Waals surface area contributed by atoms with Crippen molar-refractivity contribution in [2.75, 3.05) is 19.7 Å². The molecule has 0 fully saturated rings. The predicted octanol–water partition coefficient (Wildman–Crippen LogP) is 3.40. The Hall–Kier alpha value is -2.08. The van der Waals surface area contributed by atoms with Crippen LogP contribution in [0.3, 0.4) is 0 Å². The highest BCUT2D eigenvalue weighted by Gasteiger charge is 2.08. The third kappa shape index (κ3) is 5.53. The van der Waals surface area contributed by atoms with Gasteiger partial charge in [0, 0.05) is 24.8 Å². The molecule has 130 valence electrons. The van der Waals surface area contributed by atoms with E-state index in [1.165, 1.54) is 5.56 Å². The molecule has 0 aliphatic rings. The maximum atomic E-state index is 5.56. The third-order valence-electron chi connectivity index (χ3n) is 3.57. The van der Waals surface area contributed by atoms with Gasteiger partial charge in [0.2, 0.25) is 5.88 Å². The molecule has 1 unspecified atom stereocenters. The average molecular weight is 347 g/mol. The molecular formula is C18H26N4OS. The van der Waals surface area contributed by atoms with Crippen molar-refractivity contribution in [1.29, 1.82) is 0 Å². The first-order valence-electron chi connectivity index (χ1n) is 8.35. The van der Waals surface area contributed by atoms with E-state index >= 15 is 0 Å². The van der Waals surface area contributed by atoms with Crippen molar-refractivity contribution in [3.05, 3.63) is 46.3 Å². The van der Waals surface area contributed by atoms with Gasteiger partial charge in [-0.2, -0.15) is 11.3 Å². The summed E-state index contributed by atoms with van der Waals surface area (Å²) < 4.78 is 5.56. The summed E-state index contributed by atoms with van der Waals surface area (Å²) in [7, 11) is 0. The zero-order valence-electron chi connectivity index (χ0n) is 14.6. The van der Waals surface area contributed by atoms with Crippen LogP contribution in [-0.2, 0) is 6.54 Å². The predicted molar refractivity (Wildman–Crippen MR) is 101 cm³/mol. The molecule has 0 saturated heterocycles. The van der Waals surface area contributed by atoms with Gasteiger partial charge < -0.3 is 15.4 Å². The van der Waals surface area contributed by atoms with Crippen LogP contribution in [0.15, 0.2) is 40.1 Å². The standard InChI is InChI=1S/C18H26N4OS/c1-4-19-18(21-11-14(3)16-8-10-24-13-16)22-12-15-7-6-9-20-17(15)23-5-2/h6-10,13-14H,4-5,11-12H2,1-3H3,(H2,19,21,22). The molecule has 0 spiro atoms. The number of ether oxygens (including phenoxy) is 1. The zero-order valence-corrected chi connectivity index (χ0v) is 15.4. The highest BCUT2D eigenvalue weighted by Crippen LogP contribution is 2.17. The van der Waals surface area contributed by atoms with Crippen molar-refractivity contribution >= 4 is 17.3 Å². The van der Waals surface area contributed by atoms with E-state index in [0.717, 1.165) is 24.6 Å². The van der Waals surface area contributed by atoms with Crippen molar-refractivity contribution in [1.82, 2.24) is 15.6 Å². The second-order valence-electron chi connectivity index (χ2n) is 5.43. The van der Waals surface area contributed by atoms with Crippen molar-refractivity contribution in [3.8, 4) is 5.88 Å². The molecule has 0 aliphatic heterocycles. The van der Waals surface area contributed by atoms with E-state index in [1.54, 1.807) is 17.5 Å². The largest absolute Gasteiger partial charge is 0.478 e. The van der Waals surface area contributed by atoms with Gasteiger partial charge in [0.1, 0.15) is 0 Å². The van der Waals surface area contributed by atoms with Crippen molar-refractivity contribution in [3.63, 3.8) is 0 Å². The number of hydrogen-bond acceptors (Lipinski definition) is 4.